The maximum Gasteiger partial charge on any atom is 0.266 e. The van der Waals surface area contributed by atoms with E-state index in [1.54, 1.807) is 12.4 Å². The molecule has 0 saturated carbocycles. The molecule has 0 aromatic carbocycles. The molecule has 0 unspecified atom stereocenters. The third kappa shape index (κ3) is 2.22. The van der Waals surface area contributed by atoms with Gasteiger partial charge in [-0.15, -0.1) is 11.3 Å². The van der Waals surface area contributed by atoms with Crippen molar-refractivity contribution in [1.82, 2.24) is 9.97 Å². The summed E-state index contributed by atoms with van der Waals surface area (Å²) in [6.07, 6.45) is 3.47. The highest BCUT2D eigenvalue weighted by Crippen LogP contribution is 2.40. The van der Waals surface area contributed by atoms with Gasteiger partial charge in [0.1, 0.15) is 10.3 Å². The van der Waals surface area contributed by atoms with Gasteiger partial charge in [0.15, 0.2) is 0 Å². The molecule has 0 radical (unpaired) electrons. The van der Waals surface area contributed by atoms with E-state index in [1.165, 1.54) is 11.3 Å². The second-order valence-corrected chi connectivity index (χ2v) is 7.52. The zero-order valence-corrected chi connectivity index (χ0v) is 14.3. The molecule has 0 amide bonds. The van der Waals surface area contributed by atoms with E-state index in [-0.39, 0.29) is 18.1 Å². The van der Waals surface area contributed by atoms with Crippen molar-refractivity contribution in [3.05, 3.63) is 52.2 Å². The molecule has 0 fully saturated rings. The second kappa shape index (κ2) is 5.51. The van der Waals surface area contributed by atoms with Gasteiger partial charge in [0.25, 0.3) is 5.56 Å². The van der Waals surface area contributed by atoms with Gasteiger partial charge in [0, 0.05) is 28.2 Å². The van der Waals surface area contributed by atoms with E-state index >= 15 is 0 Å². The summed E-state index contributed by atoms with van der Waals surface area (Å²) in [4.78, 5) is 20.6. The van der Waals surface area contributed by atoms with Gasteiger partial charge in [0.2, 0.25) is 0 Å². The lowest BCUT2D eigenvalue weighted by molar-refractivity contribution is -0.104. The van der Waals surface area contributed by atoms with Gasteiger partial charge in [-0.2, -0.15) is 0 Å². The maximum absolute atomic E-state index is 12.6. The molecule has 6 heteroatoms. The lowest BCUT2D eigenvalue weighted by atomic mass is 9.83. The minimum absolute atomic E-state index is 0.0667. The number of hydrogen-bond acceptors (Lipinski definition) is 5. The molecule has 1 aliphatic rings. The second-order valence-electron chi connectivity index (χ2n) is 6.47. The van der Waals surface area contributed by atoms with E-state index < -0.39 is 5.60 Å². The van der Waals surface area contributed by atoms with Crippen LogP contribution in [0.4, 0.5) is 0 Å². The van der Waals surface area contributed by atoms with Gasteiger partial charge in [-0.1, -0.05) is 13.8 Å². The van der Waals surface area contributed by atoms with Gasteiger partial charge in [-0.3, -0.25) is 9.78 Å². The molecule has 1 aliphatic heterocycles. The summed E-state index contributed by atoms with van der Waals surface area (Å²) < 4.78 is 6.32. The molecule has 3 aromatic rings. The van der Waals surface area contributed by atoms with E-state index in [4.69, 9.17) is 4.74 Å². The molecule has 124 valence electrons. The molecule has 3 aromatic heterocycles. The third-order valence-corrected chi connectivity index (χ3v) is 5.91. The number of aromatic nitrogens is 2. The van der Waals surface area contributed by atoms with Gasteiger partial charge < -0.3 is 14.8 Å². The van der Waals surface area contributed by atoms with Crippen LogP contribution in [0, 0.1) is 5.92 Å². The third-order valence-electron chi connectivity index (χ3n) is 4.73. The van der Waals surface area contributed by atoms with Crippen LogP contribution in [0.3, 0.4) is 0 Å². The summed E-state index contributed by atoms with van der Waals surface area (Å²) in [5, 5.41) is 11.9. The van der Waals surface area contributed by atoms with Crippen LogP contribution in [0.25, 0.3) is 20.5 Å². The number of nitrogens with one attached hydrogen (secondary N) is 1. The van der Waals surface area contributed by atoms with Gasteiger partial charge >= 0.3 is 0 Å². The normalized spacial score (nSPS) is 20.5. The molecule has 0 aliphatic carbocycles. The largest absolute Gasteiger partial charge is 0.381 e. The number of hydrogen-bond donors (Lipinski definition) is 2. The summed E-state index contributed by atoms with van der Waals surface area (Å²) in [5.41, 5.74) is 1.17. The Kier molecular flexibility index (Phi) is 3.56. The van der Waals surface area contributed by atoms with E-state index in [0.29, 0.717) is 17.0 Å². The van der Waals surface area contributed by atoms with Crippen LogP contribution in [0.1, 0.15) is 25.1 Å². The standard InChI is InChI=1S/C18H18N2O3S/c1-10(2)18(22)9-23-8-13-12-7-14(11-3-5-19-6-4-11)24-15(12)17(21)20-16(13)18/h3-7,10,22H,8-9H2,1-2H3,(H,20,21)/t18-/m1/s1. The smallest absolute Gasteiger partial charge is 0.266 e. The number of thiophene rings is 1. The minimum atomic E-state index is -1.17. The Hall–Kier alpha value is -2.02. The van der Waals surface area contributed by atoms with Gasteiger partial charge in [0.05, 0.1) is 18.9 Å². The summed E-state index contributed by atoms with van der Waals surface area (Å²) in [5.74, 6) is -0.0667. The number of aromatic amines is 1. The molecule has 0 bridgehead atoms. The number of rotatable bonds is 2. The zero-order chi connectivity index (χ0) is 16.9. The van der Waals surface area contributed by atoms with Crippen LogP contribution in [-0.2, 0) is 16.9 Å². The van der Waals surface area contributed by atoms with Crippen LogP contribution in [0.15, 0.2) is 35.4 Å². The first kappa shape index (κ1) is 15.5. The van der Waals surface area contributed by atoms with Crippen LogP contribution < -0.4 is 5.56 Å². The van der Waals surface area contributed by atoms with Crippen molar-refractivity contribution >= 4 is 21.4 Å². The molecule has 24 heavy (non-hydrogen) atoms. The molecule has 4 heterocycles. The Balaban J connectivity index is 1.99. The molecular formula is C18H18N2O3S. The fraction of sp³-hybridized carbons (Fsp3) is 0.333. The highest BCUT2D eigenvalue weighted by molar-refractivity contribution is 7.22. The first-order chi connectivity index (χ1) is 11.5. The summed E-state index contributed by atoms with van der Waals surface area (Å²) >= 11 is 1.45. The topological polar surface area (TPSA) is 75.2 Å². The summed E-state index contributed by atoms with van der Waals surface area (Å²) in [7, 11) is 0. The SMILES string of the molecule is CC(C)[C@]1(O)COCc2c1[nH]c(=O)c1sc(-c3ccncc3)cc21. The number of H-pyrrole nitrogens is 1. The first-order valence-corrected chi connectivity index (χ1v) is 8.72. The van der Waals surface area contributed by atoms with Crippen molar-refractivity contribution in [3.8, 4) is 10.4 Å². The van der Waals surface area contributed by atoms with E-state index in [0.717, 1.165) is 21.4 Å². The quantitative estimate of drug-likeness (QED) is 0.751. The first-order valence-electron chi connectivity index (χ1n) is 7.90. The average molecular weight is 342 g/mol. The molecule has 1 atom stereocenters. The number of aliphatic hydroxyl groups is 1. The summed E-state index contributed by atoms with van der Waals surface area (Å²) in [6, 6.07) is 5.86. The molecule has 2 N–H and O–H groups in total. The molecule has 5 nitrogen and oxygen atoms in total. The van der Waals surface area contributed by atoms with Crippen molar-refractivity contribution in [3.63, 3.8) is 0 Å². The fourth-order valence-corrected chi connectivity index (χ4v) is 4.26. The molecule has 0 saturated heterocycles. The number of fused-ring (bicyclic) bond motifs is 3. The van der Waals surface area contributed by atoms with E-state index in [2.05, 4.69) is 9.97 Å². The Bertz CT molecular complexity index is 962. The fourth-order valence-electron chi connectivity index (χ4n) is 3.18. The van der Waals surface area contributed by atoms with Crippen molar-refractivity contribution in [1.29, 1.82) is 0 Å². The predicted octanol–water partition coefficient (Wildman–Crippen LogP) is 3.03. The highest BCUT2D eigenvalue weighted by atomic mass is 32.1. The van der Waals surface area contributed by atoms with Crippen molar-refractivity contribution < 1.29 is 9.84 Å². The average Bonchev–Trinajstić information content (AvgIpc) is 3.03. The van der Waals surface area contributed by atoms with Crippen molar-refractivity contribution in [2.45, 2.75) is 26.1 Å². The monoisotopic (exact) mass is 342 g/mol. The minimum Gasteiger partial charge on any atom is -0.381 e. The van der Waals surface area contributed by atoms with Crippen LogP contribution in [-0.4, -0.2) is 21.7 Å². The van der Waals surface area contributed by atoms with Gasteiger partial charge in [-0.25, -0.2) is 0 Å². The van der Waals surface area contributed by atoms with E-state index in [1.807, 2.05) is 32.0 Å². The van der Waals surface area contributed by atoms with E-state index in [9.17, 15) is 9.90 Å². The molecule has 0 spiro atoms. The Morgan fingerprint density at radius 3 is 2.83 bits per heavy atom. The Labute approximate surface area is 143 Å². The summed E-state index contributed by atoms with van der Waals surface area (Å²) in [6.45, 7) is 4.44. The zero-order valence-electron chi connectivity index (χ0n) is 13.5. The lowest BCUT2D eigenvalue weighted by Crippen LogP contribution is -2.43. The molecular weight excluding hydrogens is 324 g/mol. The van der Waals surface area contributed by atoms with Crippen LogP contribution in [0.5, 0.6) is 0 Å². The van der Waals surface area contributed by atoms with Crippen molar-refractivity contribution in [2.75, 3.05) is 6.61 Å². The maximum atomic E-state index is 12.6. The number of nitrogens with zero attached hydrogens (tertiary/aromatic N) is 1. The molecule has 4 rings (SSSR count). The van der Waals surface area contributed by atoms with Crippen molar-refractivity contribution in [2.24, 2.45) is 5.92 Å². The van der Waals surface area contributed by atoms with Crippen LogP contribution >= 0.6 is 11.3 Å². The van der Waals surface area contributed by atoms with Crippen LogP contribution in [0.2, 0.25) is 0 Å². The Morgan fingerprint density at radius 2 is 2.12 bits per heavy atom. The van der Waals surface area contributed by atoms with Gasteiger partial charge in [-0.05, 0) is 29.7 Å². The predicted molar refractivity (Wildman–Crippen MR) is 94.1 cm³/mol. The lowest BCUT2D eigenvalue weighted by Gasteiger charge is -2.37. The number of ether oxygens (including phenoxy) is 1. The number of pyridine rings is 2. The highest BCUT2D eigenvalue weighted by Gasteiger charge is 2.40. The Morgan fingerprint density at radius 1 is 1.38 bits per heavy atom.